The van der Waals surface area contributed by atoms with E-state index >= 15 is 0 Å². The third kappa shape index (κ3) is 6.22. The van der Waals surface area contributed by atoms with Gasteiger partial charge in [0.05, 0.1) is 18.9 Å². The Kier molecular flexibility index (Phi) is 7.46. The minimum absolute atomic E-state index is 0.0149. The average Bonchev–Trinajstić information content (AvgIpc) is 3.17. The van der Waals surface area contributed by atoms with E-state index in [0.29, 0.717) is 5.76 Å². The van der Waals surface area contributed by atoms with Gasteiger partial charge in [-0.1, -0.05) is 51.1 Å². The molecule has 0 radical (unpaired) electrons. The molecule has 0 aliphatic carbocycles. The highest BCUT2D eigenvalue weighted by atomic mass is 28.4. The lowest BCUT2D eigenvalue weighted by Crippen LogP contribution is -2.48. The molecular weight excluding hydrogens is 374 g/mol. The fourth-order valence-corrected chi connectivity index (χ4v) is 3.33. The number of carbonyl (C=O) groups is 1. The summed E-state index contributed by atoms with van der Waals surface area (Å²) in [6.45, 7) is 11.0. The van der Waals surface area contributed by atoms with Gasteiger partial charge in [-0.15, -0.1) is 0 Å². The molecule has 0 spiro atoms. The van der Waals surface area contributed by atoms with Gasteiger partial charge in [0.1, 0.15) is 18.5 Å². The lowest BCUT2D eigenvalue weighted by Gasteiger charge is -2.37. The number of nitrogens with one attached hydrogen (secondary N) is 1. The quantitative estimate of drug-likeness (QED) is 0.626. The summed E-state index contributed by atoms with van der Waals surface area (Å²) in [5.41, 5.74) is 0.887. The molecule has 1 aromatic heterocycles. The van der Waals surface area contributed by atoms with Gasteiger partial charge in [-0.3, -0.25) is 0 Å². The van der Waals surface area contributed by atoms with Crippen LogP contribution in [-0.4, -0.2) is 32.2 Å². The van der Waals surface area contributed by atoms with Gasteiger partial charge in [0.2, 0.25) is 0 Å². The molecule has 2 atom stereocenters. The van der Waals surface area contributed by atoms with E-state index in [2.05, 4.69) is 39.2 Å². The number of furan rings is 1. The van der Waals surface area contributed by atoms with Gasteiger partial charge < -0.3 is 24.0 Å². The van der Waals surface area contributed by atoms with Crippen molar-refractivity contribution in [2.45, 2.75) is 57.7 Å². The van der Waals surface area contributed by atoms with E-state index in [-0.39, 0.29) is 18.3 Å². The number of alkyl carbamates (subject to hydrolysis) is 1. The van der Waals surface area contributed by atoms with Crippen LogP contribution in [0.2, 0.25) is 18.1 Å². The molecule has 6 nitrogen and oxygen atoms in total. The highest BCUT2D eigenvalue weighted by Gasteiger charge is 2.38. The van der Waals surface area contributed by atoms with Crippen molar-refractivity contribution in [1.82, 2.24) is 5.32 Å². The second-order valence-electron chi connectivity index (χ2n) is 8.34. The SMILES string of the molecule is CC(C)(C)[Si](C)(C)OC[C@H](NC(=O)OCc1ccccc1)[C@@H](O)c1ccco1. The van der Waals surface area contributed by atoms with Crippen molar-refractivity contribution in [2.24, 2.45) is 0 Å². The molecule has 7 heteroatoms. The second kappa shape index (κ2) is 9.40. The zero-order chi connectivity index (χ0) is 20.8. The normalized spacial score (nSPS) is 14.4. The zero-order valence-corrected chi connectivity index (χ0v) is 18.3. The predicted molar refractivity (Wildman–Crippen MR) is 110 cm³/mol. The number of ether oxygens (including phenoxy) is 1. The minimum atomic E-state index is -2.05. The number of amides is 1. The fourth-order valence-electron chi connectivity index (χ4n) is 2.30. The van der Waals surface area contributed by atoms with E-state index in [1.54, 1.807) is 12.1 Å². The van der Waals surface area contributed by atoms with Crippen molar-refractivity contribution in [2.75, 3.05) is 6.61 Å². The van der Waals surface area contributed by atoms with Gasteiger partial charge in [0.25, 0.3) is 0 Å². The third-order valence-electron chi connectivity index (χ3n) is 5.16. The number of rotatable bonds is 8. The molecule has 0 fully saturated rings. The van der Waals surface area contributed by atoms with Crippen molar-refractivity contribution in [3.63, 3.8) is 0 Å². The summed E-state index contributed by atoms with van der Waals surface area (Å²) in [7, 11) is -2.05. The molecule has 28 heavy (non-hydrogen) atoms. The van der Waals surface area contributed by atoms with E-state index in [9.17, 15) is 9.90 Å². The van der Waals surface area contributed by atoms with Crippen molar-refractivity contribution in [1.29, 1.82) is 0 Å². The number of aliphatic hydroxyl groups is 1. The highest BCUT2D eigenvalue weighted by Crippen LogP contribution is 2.37. The van der Waals surface area contributed by atoms with Crippen LogP contribution in [0.1, 0.15) is 38.2 Å². The Hall–Kier alpha value is -2.09. The summed E-state index contributed by atoms with van der Waals surface area (Å²) in [5.74, 6) is 0.368. The van der Waals surface area contributed by atoms with Crippen LogP contribution in [0.5, 0.6) is 0 Å². The van der Waals surface area contributed by atoms with Gasteiger partial charge in [0.15, 0.2) is 8.32 Å². The highest BCUT2D eigenvalue weighted by molar-refractivity contribution is 6.74. The first-order valence-corrected chi connectivity index (χ1v) is 12.3. The van der Waals surface area contributed by atoms with Crippen LogP contribution >= 0.6 is 0 Å². The molecule has 2 rings (SSSR count). The number of aliphatic hydroxyl groups excluding tert-OH is 1. The van der Waals surface area contributed by atoms with Crippen molar-refractivity contribution < 1.29 is 23.5 Å². The summed E-state index contributed by atoms with van der Waals surface area (Å²) >= 11 is 0. The number of carbonyl (C=O) groups excluding carboxylic acids is 1. The zero-order valence-electron chi connectivity index (χ0n) is 17.3. The molecule has 0 saturated carbocycles. The van der Waals surface area contributed by atoms with Gasteiger partial charge in [-0.25, -0.2) is 4.79 Å². The Bertz CT molecular complexity index is 725. The maximum atomic E-state index is 12.3. The molecule has 154 valence electrons. The maximum absolute atomic E-state index is 12.3. The van der Waals surface area contributed by atoms with Crippen LogP contribution in [-0.2, 0) is 15.8 Å². The molecule has 0 bridgehead atoms. The Morgan fingerprint density at radius 1 is 1.18 bits per heavy atom. The molecular formula is C21H31NO5Si. The van der Waals surface area contributed by atoms with Crippen LogP contribution in [0.15, 0.2) is 53.1 Å². The Morgan fingerprint density at radius 3 is 2.43 bits per heavy atom. The van der Waals surface area contributed by atoms with Gasteiger partial charge >= 0.3 is 6.09 Å². The molecule has 2 aromatic rings. The fraction of sp³-hybridized carbons (Fsp3) is 0.476. The monoisotopic (exact) mass is 405 g/mol. The molecule has 2 N–H and O–H groups in total. The minimum Gasteiger partial charge on any atom is -0.467 e. The molecule has 0 saturated heterocycles. The molecule has 0 aliphatic rings. The third-order valence-corrected chi connectivity index (χ3v) is 9.66. The summed E-state index contributed by atoms with van der Waals surface area (Å²) in [4.78, 5) is 12.3. The molecule has 0 unspecified atom stereocenters. The lowest BCUT2D eigenvalue weighted by atomic mass is 10.1. The summed E-state index contributed by atoms with van der Waals surface area (Å²) < 4.78 is 16.8. The van der Waals surface area contributed by atoms with Crippen LogP contribution in [0.25, 0.3) is 0 Å². The number of hydrogen-bond acceptors (Lipinski definition) is 5. The first kappa shape index (κ1) is 22.2. The van der Waals surface area contributed by atoms with Crippen LogP contribution < -0.4 is 5.32 Å². The summed E-state index contributed by atoms with van der Waals surface area (Å²) in [5, 5.41) is 13.4. The Morgan fingerprint density at radius 2 is 1.86 bits per heavy atom. The Balaban J connectivity index is 2.02. The van der Waals surface area contributed by atoms with E-state index in [0.717, 1.165) is 5.56 Å². The van der Waals surface area contributed by atoms with Gasteiger partial charge in [0, 0.05) is 0 Å². The first-order chi connectivity index (χ1) is 13.1. The van der Waals surface area contributed by atoms with Crippen LogP contribution in [0.3, 0.4) is 0 Å². The standard InChI is InChI=1S/C21H31NO5Si/c1-21(2,3)28(4,5)27-15-17(19(23)18-12-9-13-25-18)22-20(24)26-14-16-10-7-6-8-11-16/h6-13,17,19,23H,14-15H2,1-5H3,(H,22,24)/t17-,19+/m0/s1. The topological polar surface area (TPSA) is 80.9 Å². The van der Waals surface area contributed by atoms with E-state index in [4.69, 9.17) is 13.6 Å². The smallest absolute Gasteiger partial charge is 0.407 e. The first-order valence-electron chi connectivity index (χ1n) is 9.43. The van der Waals surface area contributed by atoms with E-state index in [1.165, 1.54) is 6.26 Å². The number of hydrogen-bond donors (Lipinski definition) is 2. The molecule has 1 aromatic carbocycles. The summed E-state index contributed by atoms with van der Waals surface area (Å²) in [6, 6.07) is 12.1. The van der Waals surface area contributed by atoms with E-state index in [1.807, 2.05) is 30.3 Å². The molecule has 1 amide bonds. The van der Waals surface area contributed by atoms with Crippen molar-refractivity contribution in [3.05, 3.63) is 60.1 Å². The van der Waals surface area contributed by atoms with Crippen molar-refractivity contribution in [3.8, 4) is 0 Å². The van der Waals surface area contributed by atoms with Gasteiger partial charge in [-0.05, 0) is 35.8 Å². The molecule has 0 aliphatic heterocycles. The van der Waals surface area contributed by atoms with Crippen molar-refractivity contribution >= 4 is 14.4 Å². The largest absolute Gasteiger partial charge is 0.467 e. The van der Waals surface area contributed by atoms with Crippen LogP contribution in [0.4, 0.5) is 4.79 Å². The number of benzene rings is 1. The second-order valence-corrected chi connectivity index (χ2v) is 13.2. The summed E-state index contributed by atoms with van der Waals surface area (Å²) in [6.07, 6.45) is -0.166. The van der Waals surface area contributed by atoms with Gasteiger partial charge in [-0.2, -0.15) is 0 Å². The Labute approximate surface area is 168 Å². The average molecular weight is 406 g/mol. The van der Waals surface area contributed by atoms with E-state index < -0.39 is 26.6 Å². The molecule has 1 heterocycles. The maximum Gasteiger partial charge on any atom is 0.407 e. The lowest BCUT2D eigenvalue weighted by molar-refractivity contribution is 0.0658. The van der Waals surface area contributed by atoms with Crippen LogP contribution in [0, 0.1) is 0 Å². The predicted octanol–water partition coefficient (Wildman–Crippen LogP) is 4.63.